The summed E-state index contributed by atoms with van der Waals surface area (Å²) >= 11 is 0. The van der Waals surface area contributed by atoms with Crippen molar-refractivity contribution in [1.29, 1.82) is 0 Å². The molecule has 1 saturated heterocycles. The fourth-order valence-corrected chi connectivity index (χ4v) is 5.48. The Hall–Kier alpha value is -3.04. The van der Waals surface area contributed by atoms with Gasteiger partial charge in [-0.25, -0.2) is 0 Å². The van der Waals surface area contributed by atoms with Crippen LogP contribution in [0.1, 0.15) is 48.9 Å². The number of aryl methyl sites for hydroxylation is 1. The summed E-state index contributed by atoms with van der Waals surface area (Å²) in [7, 11) is 1.75. The van der Waals surface area contributed by atoms with E-state index in [9.17, 15) is 0 Å². The summed E-state index contributed by atoms with van der Waals surface area (Å²) in [6, 6.07) is 27.5. The van der Waals surface area contributed by atoms with E-state index in [0.717, 1.165) is 51.2 Å². The zero-order chi connectivity index (χ0) is 23.5. The summed E-state index contributed by atoms with van der Waals surface area (Å²) in [5.74, 6) is 0.942. The Morgan fingerprint density at radius 3 is 2.18 bits per heavy atom. The molecule has 0 N–H and O–H groups in total. The number of rotatable bonds is 5. The average molecular weight is 453 g/mol. The fourth-order valence-electron chi connectivity index (χ4n) is 5.48. The lowest BCUT2D eigenvalue weighted by Gasteiger charge is -2.38. The predicted octanol–water partition coefficient (Wildman–Crippen LogP) is 6.52. The molecular formula is C31H36N2O. The Bertz CT molecular complexity index is 1140. The number of hydrogen-bond acceptors (Lipinski definition) is 3. The predicted molar refractivity (Wildman–Crippen MR) is 144 cm³/mol. The average Bonchev–Trinajstić information content (AvgIpc) is 3.08. The highest BCUT2D eigenvalue weighted by Gasteiger charge is 2.22. The van der Waals surface area contributed by atoms with Crippen molar-refractivity contribution in [2.24, 2.45) is 0 Å². The van der Waals surface area contributed by atoms with Gasteiger partial charge in [0.1, 0.15) is 5.75 Å². The lowest BCUT2D eigenvalue weighted by atomic mass is 9.87. The maximum atomic E-state index is 5.55. The molecule has 0 saturated carbocycles. The number of methoxy groups -OCH3 is 1. The Morgan fingerprint density at radius 2 is 1.50 bits per heavy atom. The summed E-state index contributed by atoms with van der Waals surface area (Å²) in [5, 5.41) is 0. The maximum Gasteiger partial charge on any atom is 0.119 e. The molecule has 0 bridgehead atoms. The first-order valence-corrected chi connectivity index (χ1v) is 12.7. The van der Waals surface area contributed by atoms with E-state index >= 15 is 0 Å². The molecule has 2 aliphatic rings. The molecule has 1 fully saturated rings. The minimum atomic E-state index is 0.627. The van der Waals surface area contributed by atoms with E-state index in [1.54, 1.807) is 7.11 Å². The van der Waals surface area contributed by atoms with Crippen molar-refractivity contribution in [2.75, 3.05) is 38.2 Å². The van der Waals surface area contributed by atoms with Gasteiger partial charge >= 0.3 is 0 Å². The van der Waals surface area contributed by atoms with Gasteiger partial charge in [-0.3, -0.25) is 4.90 Å². The largest absolute Gasteiger partial charge is 0.497 e. The molecule has 0 atom stereocenters. The Morgan fingerprint density at radius 1 is 0.765 bits per heavy atom. The Labute approximate surface area is 204 Å². The molecule has 3 aromatic carbocycles. The van der Waals surface area contributed by atoms with Crippen molar-refractivity contribution in [3.63, 3.8) is 0 Å². The summed E-state index contributed by atoms with van der Waals surface area (Å²) in [6.45, 7) is 9.05. The van der Waals surface area contributed by atoms with Gasteiger partial charge in [-0.15, -0.1) is 0 Å². The molecule has 0 aromatic heterocycles. The molecule has 1 heterocycles. The van der Waals surface area contributed by atoms with E-state index in [0.29, 0.717) is 6.04 Å². The highest BCUT2D eigenvalue weighted by atomic mass is 16.5. The van der Waals surface area contributed by atoms with Crippen LogP contribution in [0, 0.1) is 0 Å². The van der Waals surface area contributed by atoms with Crippen LogP contribution in [0.2, 0.25) is 0 Å². The monoisotopic (exact) mass is 452 g/mol. The Balaban J connectivity index is 1.53. The van der Waals surface area contributed by atoms with Crippen molar-refractivity contribution in [3.05, 3.63) is 95.1 Å². The lowest BCUT2D eigenvalue weighted by Crippen LogP contribution is -2.48. The lowest BCUT2D eigenvalue weighted by molar-refractivity contribution is 0.209. The van der Waals surface area contributed by atoms with E-state index in [1.807, 2.05) is 0 Å². The minimum absolute atomic E-state index is 0.627. The summed E-state index contributed by atoms with van der Waals surface area (Å²) in [5.41, 5.74) is 9.51. The fraction of sp³-hybridized carbons (Fsp3) is 0.355. The molecule has 1 aliphatic heterocycles. The van der Waals surface area contributed by atoms with Gasteiger partial charge in [-0.1, -0.05) is 48.5 Å². The highest BCUT2D eigenvalue weighted by Crippen LogP contribution is 2.41. The summed E-state index contributed by atoms with van der Waals surface area (Å²) in [6.07, 6.45) is 3.30. The van der Waals surface area contributed by atoms with Crippen molar-refractivity contribution in [3.8, 4) is 5.75 Å². The second-order valence-electron chi connectivity index (χ2n) is 9.76. The van der Waals surface area contributed by atoms with Gasteiger partial charge in [-0.05, 0) is 90.8 Å². The van der Waals surface area contributed by atoms with Gasteiger partial charge in [0.25, 0.3) is 0 Å². The number of hydrogen-bond donors (Lipinski definition) is 0. The van der Waals surface area contributed by atoms with E-state index in [-0.39, 0.29) is 0 Å². The smallest absolute Gasteiger partial charge is 0.119 e. The normalized spacial score (nSPS) is 17.0. The summed E-state index contributed by atoms with van der Waals surface area (Å²) < 4.78 is 5.55. The molecule has 176 valence electrons. The van der Waals surface area contributed by atoms with Crippen molar-refractivity contribution >= 4 is 16.8 Å². The van der Waals surface area contributed by atoms with Crippen LogP contribution in [0.3, 0.4) is 0 Å². The zero-order valence-corrected chi connectivity index (χ0v) is 20.8. The molecular weight excluding hydrogens is 416 g/mol. The van der Waals surface area contributed by atoms with Gasteiger partial charge in [0.15, 0.2) is 0 Å². The second-order valence-corrected chi connectivity index (χ2v) is 9.76. The van der Waals surface area contributed by atoms with E-state index in [1.165, 1.54) is 39.1 Å². The number of fused-ring (bicyclic) bond motifs is 1. The van der Waals surface area contributed by atoms with Crippen LogP contribution in [0.15, 0.2) is 72.8 Å². The molecule has 3 nitrogen and oxygen atoms in total. The van der Waals surface area contributed by atoms with Crippen LogP contribution in [0.5, 0.6) is 5.75 Å². The van der Waals surface area contributed by atoms with Crippen LogP contribution in [0.4, 0.5) is 5.69 Å². The van der Waals surface area contributed by atoms with Crippen LogP contribution in [-0.2, 0) is 6.42 Å². The SMILES string of the molecule is COc1ccc2c(c1)CCCC(c1ccccc1)=C2c1ccc(N2CCN(C(C)C)CC2)cc1. The molecule has 0 radical (unpaired) electrons. The van der Waals surface area contributed by atoms with Crippen molar-refractivity contribution in [2.45, 2.75) is 39.2 Å². The molecule has 0 amide bonds. The molecule has 0 spiro atoms. The molecule has 34 heavy (non-hydrogen) atoms. The Kier molecular flexibility index (Phi) is 6.73. The molecule has 1 aliphatic carbocycles. The summed E-state index contributed by atoms with van der Waals surface area (Å²) in [4.78, 5) is 5.10. The first-order valence-electron chi connectivity index (χ1n) is 12.7. The highest BCUT2D eigenvalue weighted by molar-refractivity contribution is 6.00. The first kappa shape index (κ1) is 22.7. The van der Waals surface area contributed by atoms with Crippen molar-refractivity contribution in [1.82, 2.24) is 4.90 Å². The molecule has 5 rings (SSSR count). The van der Waals surface area contributed by atoms with Gasteiger partial charge in [0, 0.05) is 37.9 Å². The third kappa shape index (κ3) is 4.63. The quantitative estimate of drug-likeness (QED) is 0.438. The van der Waals surface area contributed by atoms with Gasteiger partial charge in [-0.2, -0.15) is 0 Å². The maximum absolute atomic E-state index is 5.55. The molecule has 0 unspecified atom stereocenters. The second kappa shape index (κ2) is 10.1. The van der Waals surface area contributed by atoms with Gasteiger partial charge < -0.3 is 9.64 Å². The standard InChI is InChI=1S/C31H36N2O/c1-23(2)32-18-20-33(21-19-32)27-14-12-25(13-15-27)31-29(24-8-5-4-6-9-24)11-7-10-26-22-28(34-3)16-17-30(26)31/h4-6,8-9,12-17,22-23H,7,10-11,18-21H2,1-3H3. The number of nitrogens with zero attached hydrogens (tertiary/aromatic N) is 2. The first-order chi connectivity index (χ1) is 16.6. The number of allylic oxidation sites excluding steroid dienone is 1. The third-order valence-corrected chi connectivity index (χ3v) is 7.44. The van der Waals surface area contributed by atoms with Crippen LogP contribution in [0.25, 0.3) is 11.1 Å². The topological polar surface area (TPSA) is 15.7 Å². The van der Waals surface area contributed by atoms with Crippen LogP contribution in [-0.4, -0.2) is 44.2 Å². The third-order valence-electron chi connectivity index (χ3n) is 7.44. The number of piperazine rings is 1. The van der Waals surface area contributed by atoms with E-state index in [4.69, 9.17) is 4.74 Å². The number of benzene rings is 3. The number of ether oxygens (including phenoxy) is 1. The molecule has 3 heteroatoms. The van der Waals surface area contributed by atoms with Crippen LogP contribution < -0.4 is 9.64 Å². The molecule has 3 aromatic rings. The zero-order valence-electron chi connectivity index (χ0n) is 20.8. The number of anilines is 1. The van der Waals surface area contributed by atoms with Gasteiger partial charge in [0.05, 0.1) is 7.11 Å². The van der Waals surface area contributed by atoms with E-state index in [2.05, 4.69) is 96.4 Å². The van der Waals surface area contributed by atoms with Gasteiger partial charge in [0.2, 0.25) is 0 Å². The van der Waals surface area contributed by atoms with Crippen molar-refractivity contribution < 1.29 is 4.74 Å². The minimum Gasteiger partial charge on any atom is -0.497 e. The van der Waals surface area contributed by atoms with E-state index < -0.39 is 0 Å². The van der Waals surface area contributed by atoms with Crippen LogP contribution >= 0.6 is 0 Å².